The first-order valence-electron chi connectivity index (χ1n) is 13.6. The third-order valence-corrected chi connectivity index (χ3v) is 8.86. The van der Waals surface area contributed by atoms with Gasteiger partial charge in [-0.15, -0.1) is 0 Å². The molecule has 1 N–H and O–H groups in total. The molecule has 4 rings (SSSR count). The van der Waals surface area contributed by atoms with Crippen LogP contribution in [0.2, 0.25) is 0 Å². The molecule has 0 atom stereocenters. The molecular formula is C30H34F2N4O4S. The Morgan fingerprint density at radius 2 is 1.59 bits per heavy atom. The number of benzene rings is 3. The minimum atomic E-state index is -3.92. The molecule has 0 saturated carbocycles. The van der Waals surface area contributed by atoms with Crippen LogP contribution in [-0.4, -0.2) is 66.7 Å². The second-order valence-corrected chi connectivity index (χ2v) is 11.9. The van der Waals surface area contributed by atoms with Gasteiger partial charge in [0.2, 0.25) is 15.9 Å². The van der Waals surface area contributed by atoms with E-state index in [4.69, 9.17) is 0 Å². The monoisotopic (exact) mass is 584 g/mol. The predicted octanol–water partition coefficient (Wildman–Crippen LogP) is 5.09. The molecule has 1 fully saturated rings. The van der Waals surface area contributed by atoms with Crippen LogP contribution in [0.4, 0.5) is 19.3 Å². The molecule has 11 heteroatoms. The fourth-order valence-electron chi connectivity index (χ4n) is 4.92. The molecule has 1 aliphatic heterocycles. The topological polar surface area (TPSA) is 90.0 Å². The first-order valence-corrected chi connectivity index (χ1v) is 15.0. The summed E-state index contributed by atoms with van der Waals surface area (Å²) >= 11 is 0. The van der Waals surface area contributed by atoms with E-state index in [0.717, 1.165) is 0 Å². The number of amides is 3. The molecular weight excluding hydrogens is 550 g/mol. The number of rotatable bonds is 10. The van der Waals surface area contributed by atoms with E-state index < -0.39 is 27.6 Å². The Bertz CT molecular complexity index is 1450. The molecule has 1 heterocycles. The standard InChI is InChI=1S/C30H34F2N4O4S/c1-2-16-35(41(39,40)28-12-4-3-5-13-28)22-29(37)36(21-23-8-6-9-24(31)19-23)27-14-17-34(18-15-27)30(38)33-26-11-7-10-25(32)20-26/h3-13,19-20,27H,2,14-18,21-22H2,1H3,(H,33,38). The van der Waals surface area contributed by atoms with Gasteiger partial charge in [0.1, 0.15) is 11.6 Å². The number of anilines is 1. The maximum absolute atomic E-state index is 14.0. The molecule has 0 aromatic heterocycles. The highest BCUT2D eigenvalue weighted by Gasteiger charge is 2.33. The number of nitrogens with zero attached hydrogens (tertiary/aromatic N) is 3. The minimum absolute atomic E-state index is 0.0993. The van der Waals surface area contributed by atoms with E-state index in [1.54, 1.807) is 46.2 Å². The van der Waals surface area contributed by atoms with Crippen molar-refractivity contribution in [3.05, 3.63) is 96.1 Å². The number of piperidine rings is 1. The lowest BCUT2D eigenvalue weighted by atomic mass is 10.0. The van der Waals surface area contributed by atoms with E-state index >= 15 is 0 Å². The minimum Gasteiger partial charge on any atom is -0.334 e. The highest BCUT2D eigenvalue weighted by molar-refractivity contribution is 7.89. The van der Waals surface area contributed by atoms with Crippen LogP contribution in [0.3, 0.4) is 0 Å². The highest BCUT2D eigenvalue weighted by Crippen LogP contribution is 2.23. The lowest BCUT2D eigenvalue weighted by molar-refractivity contribution is -0.135. The van der Waals surface area contributed by atoms with E-state index in [1.165, 1.54) is 46.8 Å². The summed E-state index contributed by atoms with van der Waals surface area (Å²) in [6, 6.07) is 18.9. The van der Waals surface area contributed by atoms with Gasteiger partial charge >= 0.3 is 6.03 Å². The normalized spacial score (nSPS) is 14.2. The summed E-state index contributed by atoms with van der Waals surface area (Å²) in [5.41, 5.74) is 0.924. The van der Waals surface area contributed by atoms with Crippen molar-refractivity contribution in [2.45, 2.75) is 43.7 Å². The van der Waals surface area contributed by atoms with Crippen LogP contribution in [0, 0.1) is 11.6 Å². The average molecular weight is 585 g/mol. The second kappa shape index (κ2) is 13.7. The molecule has 1 saturated heterocycles. The summed E-state index contributed by atoms with van der Waals surface area (Å²) in [7, 11) is -3.92. The van der Waals surface area contributed by atoms with Gasteiger partial charge in [0.05, 0.1) is 11.4 Å². The summed E-state index contributed by atoms with van der Waals surface area (Å²) in [6.45, 7) is 2.41. The Morgan fingerprint density at radius 1 is 0.927 bits per heavy atom. The molecule has 0 bridgehead atoms. The molecule has 3 aromatic rings. The number of hydrogen-bond donors (Lipinski definition) is 1. The summed E-state index contributed by atoms with van der Waals surface area (Å²) in [5.74, 6) is -1.29. The Balaban J connectivity index is 1.50. The van der Waals surface area contributed by atoms with Gasteiger partial charge in [0.25, 0.3) is 0 Å². The lowest BCUT2D eigenvalue weighted by Gasteiger charge is -2.39. The number of urea groups is 1. The van der Waals surface area contributed by atoms with Crippen molar-refractivity contribution in [2.24, 2.45) is 0 Å². The number of halogens is 2. The zero-order valence-corrected chi connectivity index (χ0v) is 23.7. The van der Waals surface area contributed by atoms with Crippen LogP contribution in [-0.2, 0) is 21.4 Å². The van der Waals surface area contributed by atoms with Gasteiger partial charge in [-0.2, -0.15) is 4.31 Å². The van der Waals surface area contributed by atoms with Gasteiger partial charge in [-0.05, 0) is 67.3 Å². The van der Waals surface area contributed by atoms with Crippen molar-refractivity contribution in [1.29, 1.82) is 0 Å². The second-order valence-electron chi connectivity index (χ2n) is 9.96. The molecule has 8 nitrogen and oxygen atoms in total. The van der Waals surface area contributed by atoms with Gasteiger partial charge in [-0.3, -0.25) is 4.79 Å². The summed E-state index contributed by atoms with van der Waals surface area (Å²) in [4.78, 5) is 29.9. The van der Waals surface area contributed by atoms with E-state index in [9.17, 15) is 26.8 Å². The summed E-state index contributed by atoms with van der Waals surface area (Å²) in [6.07, 6.45) is 1.40. The van der Waals surface area contributed by atoms with Gasteiger partial charge < -0.3 is 15.1 Å². The fourth-order valence-corrected chi connectivity index (χ4v) is 6.42. The third-order valence-electron chi connectivity index (χ3n) is 7.00. The van der Waals surface area contributed by atoms with Crippen molar-refractivity contribution < 1.29 is 26.8 Å². The van der Waals surface area contributed by atoms with Gasteiger partial charge in [-0.1, -0.05) is 43.3 Å². The average Bonchev–Trinajstić information content (AvgIpc) is 2.96. The number of carbonyl (C=O) groups is 2. The lowest BCUT2D eigenvalue weighted by Crippen LogP contribution is -2.51. The van der Waals surface area contributed by atoms with E-state index in [2.05, 4.69) is 5.32 Å². The third kappa shape index (κ3) is 7.89. The predicted molar refractivity (Wildman–Crippen MR) is 152 cm³/mol. The summed E-state index contributed by atoms with van der Waals surface area (Å²) < 4.78 is 55.5. The van der Waals surface area contributed by atoms with Crippen molar-refractivity contribution >= 4 is 27.6 Å². The number of hydrogen-bond acceptors (Lipinski definition) is 4. The first-order chi connectivity index (χ1) is 19.7. The highest BCUT2D eigenvalue weighted by atomic mass is 32.2. The zero-order chi connectivity index (χ0) is 29.4. The SMILES string of the molecule is CCCN(CC(=O)N(Cc1cccc(F)c1)C1CCN(C(=O)Nc2cccc(F)c2)CC1)S(=O)(=O)c1ccccc1. The first kappa shape index (κ1) is 30.1. The number of nitrogens with one attached hydrogen (secondary N) is 1. The Kier molecular flexibility index (Phi) is 10.1. The fraction of sp³-hybridized carbons (Fsp3) is 0.333. The van der Waals surface area contributed by atoms with Crippen molar-refractivity contribution in [1.82, 2.24) is 14.1 Å². The molecule has 218 valence electrons. The molecule has 0 spiro atoms. The molecule has 3 amide bonds. The Labute approximate surface area is 239 Å². The van der Waals surface area contributed by atoms with Crippen molar-refractivity contribution in [3.8, 4) is 0 Å². The van der Waals surface area contributed by atoms with Gasteiger partial charge in [0, 0.05) is 37.9 Å². The quantitative estimate of drug-likeness (QED) is 0.360. The molecule has 0 aliphatic carbocycles. The zero-order valence-electron chi connectivity index (χ0n) is 22.9. The van der Waals surface area contributed by atoms with Crippen molar-refractivity contribution in [3.63, 3.8) is 0 Å². The molecule has 3 aromatic carbocycles. The van der Waals surface area contributed by atoms with Crippen LogP contribution in [0.1, 0.15) is 31.7 Å². The summed E-state index contributed by atoms with van der Waals surface area (Å²) in [5, 5.41) is 2.69. The molecule has 0 radical (unpaired) electrons. The molecule has 0 unspecified atom stereocenters. The van der Waals surface area contributed by atoms with Crippen LogP contribution >= 0.6 is 0 Å². The maximum Gasteiger partial charge on any atom is 0.321 e. The van der Waals surface area contributed by atoms with Gasteiger partial charge in [-0.25, -0.2) is 22.0 Å². The Morgan fingerprint density at radius 3 is 2.22 bits per heavy atom. The van der Waals surface area contributed by atoms with Crippen LogP contribution in [0.15, 0.2) is 83.8 Å². The van der Waals surface area contributed by atoms with Crippen LogP contribution in [0.5, 0.6) is 0 Å². The van der Waals surface area contributed by atoms with E-state index in [-0.39, 0.29) is 36.6 Å². The number of carbonyl (C=O) groups excluding carboxylic acids is 2. The number of likely N-dealkylation sites (tertiary alicyclic amines) is 1. The van der Waals surface area contributed by atoms with Crippen LogP contribution < -0.4 is 5.32 Å². The smallest absolute Gasteiger partial charge is 0.321 e. The Hall–Kier alpha value is -3.83. The van der Waals surface area contributed by atoms with E-state index in [1.807, 2.05) is 6.92 Å². The van der Waals surface area contributed by atoms with Crippen molar-refractivity contribution in [2.75, 3.05) is 31.5 Å². The largest absolute Gasteiger partial charge is 0.334 e. The number of sulfonamides is 1. The molecule has 1 aliphatic rings. The molecule has 41 heavy (non-hydrogen) atoms. The van der Waals surface area contributed by atoms with Crippen LogP contribution in [0.25, 0.3) is 0 Å². The maximum atomic E-state index is 14.0. The van der Waals surface area contributed by atoms with E-state index in [0.29, 0.717) is 43.6 Å². The van der Waals surface area contributed by atoms with Gasteiger partial charge in [0.15, 0.2) is 0 Å².